The zero-order valence-corrected chi connectivity index (χ0v) is 4.90. The molecule has 0 aliphatic heterocycles. The number of aldehydes is 1. The van der Waals surface area contributed by atoms with Gasteiger partial charge < -0.3 is 20.1 Å². The second-order valence-electron chi connectivity index (χ2n) is 1.59. The van der Waals surface area contributed by atoms with Crippen molar-refractivity contribution in [1.29, 1.82) is 0 Å². The van der Waals surface area contributed by atoms with Crippen molar-refractivity contribution in [2.24, 2.45) is 0 Å². The van der Waals surface area contributed by atoms with Crippen LogP contribution in [0.3, 0.4) is 0 Å². The molecule has 0 spiro atoms. The lowest BCUT2D eigenvalue weighted by atomic mass is 10.2. The van der Waals surface area contributed by atoms with E-state index in [2.05, 4.69) is 0 Å². The van der Waals surface area contributed by atoms with Gasteiger partial charge in [0.05, 0.1) is 0 Å². The van der Waals surface area contributed by atoms with E-state index in [1.54, 1.807) is 0 Å². The van der Waals surface area contributed by atoms with Crippen molar-refractivity contribution in [3.8, 4) is 0 Å². The summed E-state index contributed by atoms with van der Waals surface area (Å²) in [6.45, 7) is 1.24. The topological polar surface area (TPSA) is 77.8 Å². The first-order valence-corrected chi connectivity index (χ1v) is 2.31. The minimum atomic E-state index is -1.41. The lowest BCUT2D eigenvalue weighted by Gasteiger charge is -2.00. The van der Waals surface area contributed by atoms with E-state index < -0.39 is 12.0 Å². The van der Waals surface area contributed by atoms with Gasteiger partial charge in [0, 0.05) is 5.57 Å². The van der Waals surface area contributed by atoms with Crippen LogP contribution < -0.4 is 0 Å². The summed E-state index contributed by atoms with van der Waals surface area (Å²) in [5.74, 6) is -1.00. The first-order chi connectivity index (χ1) is 4.09. The molecule has 1 atom stereocenters. The van der Waals surface area contributed by atoms with Crippen LogP contribution in [0.15, 0.2) is 11.5 Å². The van der Waals surface area contributed by atoms with Gasteiger partial charge in [-0.15, -0.1) is 0 Å². The third-order valence-corrected chi connectivity index (χ3v) is 0.925. The third-order valence-electron chi connectivity index (χ3n) is 0.925. The molecule has 9 heavy (non-hydrogen) atoms. The molecule has 0 fully saturated rings. The van der Waals surface area contributed by atoms with Crippen LogP contribution in [0, 0.1) is 0 Å². The predicted octanol–water partition coefficient (Wildman–Crippen LogP) is -0.106. The summed E-state index contributed by atoms with van der Waals surface area (Å²) in [5, 5.41) is 25.0. The Kier molecular flexibility index (Phi) is 2.73. The van der Waals surface area contributed by atoms with Crippen molar-refractivity contribution in [2.75, 3.05) is 0 Å². The van der Waals surface area contributed by atoms with Crippen molar-refractivity contribution in [3.05, 3.63) is 11.5 Å². The van der Waals surface area contributed by atoms with Crippen molar-refractivity contribution in [3.63, 3.8) is 0 Å². The van der Waals surface area contributed by atoms with Gasteiger partial charge in [0.15, 0.2) is 6.29 Å². The van der Waals surface area contributed by atoms with Crippen LogP contribution in [0.1, 0.15) is 6.92 Å². The number of hydrogen-bond donors (Lipinski definition) is 3. The van der Waals surface area contributed by atoms with Crippen LogP contribution in [0.5, 0.6) is 0 Å². The van der Waals surface area contributed by atoms with Gasteiger partial charge in [0.2, 0.25) is 0 Å². The highest BCUT2D eigenvalue weighted by molar-refractivity contribution is 5.60. The normalized spacial score (nSPS) is 12.2. The largest absolute Gasteiger partial charge is 0.481 e. The van der Waals surface area contributed by atoms with E-state index in [4.69, 9.17) is 15.3 Å². The predicted molar refractivity (Wildman–Crippen MR) is 30.0 cm³/mol. The number of carbonyl (C=O) groups excluding carboxylic acids is 1. The number of hydrogen-bond acceptors (Lipinski definition) is 4. The molecule has 52 valence electrons. The number of aliphatic hydroxyl groups is 3. The third kappa shape index (κ3) is 2.14. The Balaban J connectivity index is 4.19. The van der Waals surface area contributed by atoms with Gasteiger partial charge in [-0.25, -0.2) is 0 Å². The number of carbonyl (C=O) groups is 1. The first kappa shape index (κ1) is 7.97. The summed E-state index contributed by atoms with van der Waals surface area (Å²) >= 11 is 0. The second-order valence-corrected chi connectivity index (χ2v) is 1.59. The fourth-order valence-corrected chi connectivity index (χ4v) is 0.234. The molecule has 0 saturated heterocycles. The van der Waals surface area contributed by atoms with Gasteiger partial charge in [0.25, 0.3) is 5.95 Å². The lowest BCUT2D eigenvalue weighted by Crippen LogP contribution is -2.11. The highest BCUT2D eigenvalue weighted by Gasteiger charge is 2.08. The van der Waals surface area contributed by atoms with Gasteiger partial charge in [-0.2, -0.15) is 0 Å². The Morgan fingerprint density at radius 1 is 1.56 bits per heavy atom. The molecule has 0 amide bonds. The van der Waals surface area contributed by atoms with E-state index >= 15 is 0 Å². The monoisotopic (exact) mass is 132 g/mol. The molecule has 0 rings (SSSR count). The van der Waals surface area contributed by atoms with Gasteiger partial charge in [-0.1, -0.05) is 0 Å². The Labute approximate surface area is 52.1 Å². The Morgan fingerprint density at radius 2 is 2.00 bits per heavy atom. The summed E-state index contributed by atoms with van der Waals surface area (Å²) in [6.07, 6.45) is -1.20. The lowest BCUT2D eigenvalue weighted by molar-refractivity contribution is -0.113. The summed E-state index contributed by atoms with van der Waals surface area (Å²) in [4.78, 5) is 9.74. The fraction of sp³-hybridized carbons (Fsp3) is 0.400. The molecule has 4 nitrogen and oxygen atoms in total. The Bertz CT molecular complexity index is 134. The molecule has 0 heterocycles. The second kappa shape index (κ2) is 3.09. The van der Waals surface area contributed by atoms with Crippen LogP contribution in [-0.2, 0) is 4.79 Å². The Morgan fingerprint density at radius 3 is 2.11 bits per heavy atom. The number of aliphatic hydroxyl groups excluding tert-OH is 2. The Hall–Kier alpha value is -1.03. The van der Waals surface area contributed by atoms with Crippen molar-refractivity contribution in [2.45, 2.75) is 13.0 Å². The molecule has 0 aliphatic rings. The molecule has 0 aromatic heterocycles. The maximum absolute atomic E-state index is 9.74. The molecule has 0 aromatic rings. The zero-order valence-electron chi connectivity index (χ0n) is 4.90. The van der Waals surface area contributed by atoms with Gasteiger partial charge in [0.1, 0.15) is 6.10 Å². The average Bonchev–Trinajstić information content (AvgIpc) is 1.84. The molecule has 0 radical (unpaired) electrons. The maximum Gasteiger partial charge on any atom is 0.276 e. The SMILES string of the molecule is CC(=C(O)O)C(O)C=O. The van der Waals surface area contributed by atoms with Crippen LogP contribution >= 0.6 is 0 Å². The first-order valence-electron chi connectivity index (χ1n) is 2.31. The minimum Gasteiger partial charge on any atom is -0.481 e. The van der Waals surface area contributed by atoms with Crippen LogP contribution in [0.25, 0.3) is 0 Å². The van der Waals surface area contributed by atoms with Gasteiger partial charge >= 0.3 is 0 Å². The van der Waals surface area contributed by atoms with Crippen molar-refractivity contribution >= 4 is 6.29 Å². The molecular formula is C5H8O4. The molecular weight excluding hydrogens is 124 g/mol. The molecule has 3 N–H and O–H groups in total. The van der Waals surface area contributed by atoms with Crippen LogP contribution in [0.2, 0.25) is 0 Å². The van der Waals surface area contributed by atoms with E-state index in [1.807, 2.05) is 0 Å². The summed E-state index contributed by atoms with van der Waals surface area (Å²) in [5.41, 5.74) is -0.148. The van der Waals surface area contributed by atoms with E-state index in [-0.39, 0.29) is 11.9 Å². The molecule has 0 aromatic carbocycles. The highest BCUT2D eigenvalue weighted by atomic mass is 16.5. The molecule has 0 bridgehead atoms. The smallest absolute Gasteiger partial charge is 0.276 e. The van der Waals surface area contributed by atoms with Gasteiger partial charge in [-0.05, 0) is 6.92 Å². The summed E-state index contributed by atoms with van der Waals surface area (Å²) in [7, 11) is 0. The highest BCUT2D eigenvalue weighted by Crippen LogP contribution is 2.00. The van der Waals surface area contributed by atoms with Gasteiger partial charge in [-0.3, -0.25) is 0 Å². The average molecular weight is 132 g/mol. The van der Waals surface area contributed by atoms with Crippen molar-refractivity contribution < 1.29 is 20.1 Å². The minimum absolute atomic E-state index is 0.148. The standard InChI is InChI=1S/C5H8O4/c1-3(5(8)9)4(7)2-6/h2,4,7-9H,1H3. The molecule has 0 aliphatic carbocycles. The zero-order chi connectivity index (χ0) is 7.44. The molecule has 4 heteroatoms. The van der Waals surface area contributed by atoms with E-state index in [0.717, 1.165) is 0 Å². The maximum atomic E-state index is 9.74. The van der Waals surface area contributed by atoms with E-state index in [1.165, 1.54) is 6.92 Å². The number of rotatable bonds is 2. The van der Waals surface area contributed by atoms with Crippen molar-refractivity contribution in [1.82, 2.24) is 0 Å². The summed E-state index contributed by atoms with van der Waals surface area (Å²) < 4.78 is 0. The fourth-order valence-electron chi connectivity index (χ4n) is 0.234. The van der Waals surface area contributed by atoms with Crippen LogP contribution in [0.4, 0.5) is 0 Å². The van der Waals surface area contributed by atoms with Crippen LogP contribution in [-0.4, -0.2) is 27.7 Å². The molecule has 1 unspecified atom stereocenters. The summed E-state index contributed by atoms with van der Waals surface area (Å²) in [6, 6.07) is 0. The van der Waals surface area contributed by atoms with E-state index in [9.17, 15) is 4.79 Å². The molecule has 0 saturated carbocycles. The quantitative estimate of drug-likeness (QED) is 0.362. The van der Waals surface area contributed by atoms with E-state index in [0.29, 0.717) is 0 Å².